The summed E-state index contributed by atoms with van der Waals surface area (Å²) in [6.07, 6.45) is 1.36. The molecule has 0 radical (unpaired) electrons. The van der Waals surface area contributed by atoms with Crippen LogP contribution in [0.4, 0.5) is 10.1 Å². The van der Waals surface area contributed by atoms with Crippen molar-refractivity contribution in [2.24, 2.45) is 4.99 Å². The van der Waals surface area contributed by atoms with Crippen LogP contribution in [0, 0.1) is 0 Å². The van der Waals surface area contributed by atoms with Gasteiger partial charge in [0.2, 0.25) is 6.08 Å². The van der Waals surface area contributed by atoms with Gasteiger partial charge in [0, 0.05) is 0 Å². The van der Waals surface area contributed by atoms with E-state index in [2.05, 4.69) is 4.99 Å². The second-order valence-electron chi connectivity index (χ2n) is 2.12. The number of alkyl halides is 1. The van der Waals surface area contributed by atoms with Crippen LogP contribution in [0.3, 0.4) is 0 Å². The topological polar surface area (TPSA) is 29.4 Å². The van der Waals surface area contributed by atoms with Crippen molar-refractivity contribution >= 4 is 23.4 Å². The average molecular weight is 186 g/mol. The molecule has 0 aromatic heterocycles. The van der Waals surface area contributed by atoms with Gasteiger partial charge >= 0.3 is 0 Å². The van der Waals surface area contributed by atoms with Crippen molar-refractivity contribution in [1.29, 1.82) is 0 Å². The minimum absolute atomic E-state index is 0.258. The maximum atomic E-state index is 12.1. The summed E-state index contributed by atoms with van der Waals surface area (Å²) in [5, 5.41) is 0.258. The molecule has 1 aromatic carbocycles. The van der Waals surface area contributed by atoms with E-state index in [-0.39, 0.29) is 5.02 Å². The predicted octanol–water partition coefficient (Wildman–Crippen LogP) is 2.78. The zero-order valence-electron chi connectivity index (χ0n) is 6.05. The lowest BCUT2D eigenvalue weighted by Crippen LogP contribution is -1.77. The predicted molar refractivity (Wildman–Crippen MR) is 44.0 cm³/mol. The summed E-state index contributed by atoms with van der Waals surface area (Å²) in [5.41, 5.74) is 0.772. The van der Waals surface area contributed by atoms with E-state index in [1.165, 1.54) is 24.3 Å². The second kappa shape index (κ2) is 4.00. The van der Waals surface area contributed by atoms with Crippen molar-refractivity contribution in [3.63, 3.8) is 0 Å². The van der Waals surface area contributed by atoms with E-state index in [1.807, 2.05) is 0 Å². The highest BCUT2D eigenvalue weighted by molar-refractivity contribution is 6.33. The van der Waals surface area contributed by atoms with Crippen LogP contribution < -0.4 is 0 Å². The number of aliphatic imine (C=N–C) groups is 1. The van der Waals surface area contributed by atoms with Gasteiger partial charge in [0.15, 0.2) is 0 Å². The fraction of sp³-hybridized carbons (Fsp3) is 0.125. The van der Waals surface area contributed by atoms with Crippen molar-refractivity contribution < 1.29 is 9.18 Å². The summed E-state index contributed by atoms with van der Waals surface area (Å²) >= 11 is 5.65. The van der Waals surface area contributed by atoms with E-state index in [0.717, 1.165) is 0 Å². The number of rotatable bonds is 2. The average Bonchev–Trinajstić information content (AvgIpc) is 2.09. The quantitative estimate of drug-likeness (QED) is 0.515. The highest BCUT2D eigenvalue weighted by atomic mass is 35.5. The van der Waals surface area contributed by atoms with Gasteiger partial charge in [-0.2, -0.15) is 4.99 Å². The molecule has 0 fully saturated rings. The Balaban J connectivity index is 3.11. The first-order valence-corrected chi connectivity index (χ1v) is 3.58. The maximum absolute atomic E-state index is 12.1. The van der Waals surface area contributed by atoms with E-state index in [4.69, 9.17) is 11.6 Å². The molecule has 0 heterocycles. The molecule has 4 heteroatoms. The first kappa shape index (κ1) is 8.91. The van der Waals surface area contributed by atoms with Crippen molar-refractivity contribution in [2.45, 2.75) is 6.67 Å². The lowest BCUT2D eigenvalue weighted by atomic mass is 10.2. The van der Waals surface area contributed by atoms with Crippen LogP contribution >= 0.6 is 11.6 Å². The van der Waals surface area contributed by atoms with Crippen molar-refractivity contribution in [2.75, 3.05) is 0 Å². The van der Waals surface area contributed by atoms with Crippen LogP contribution in [-0.4, -0.2) is 6.08 Å². The van der Waals surface area contributed by atoms with E-state index in [9.17, 15) is 9.18 Å². The highest BCUT2D eigenvalue weighted by Gasteiger charge is 1.99. The van der Waals surface area contributed by atoms with Crippen molar-refractivity contribution in [3.8, 4) is 0 Å². The smallest absolute Gasteiger partial charge is 0.240 e. The lowest BCUT2D eigenvalue weighted by Gasteiger charge is -1.97. The van der Waals surface area contributed by atoms with E-state index >= 15 is 0 Å². The number of benzene rings is 1. The number of halogens is 2. The molecule has 0 aliphatic rings. The third-order valence-corrected chi connectivity index (χ3v) is 1.64. The van der Waals surface area contributed by atoms with Gasteiger partial charge in [-0.25, -0.2) is 9.18 Å². The molecule has 0 bridgehead atoms. The molecule has 1 rings (SSSR count). The van der Waals surface area contributed by atoms with Gasteiger partial charge in [-0.15, -0.1) is 0 Å². The molecule has 12 heavy (non-hydrogen) atoms. The zero-order valence-corrected chi connectivity index (χ0v) is 6.81. The minimum Gasteiger partial charge on any atom is -0.246 e. The Morgan fingerprint density at radius 2 is 2.33 bits per heavy atom. The SMILES string of the molecule is O=C=Nc1ccc(CF)cc1Cl. The third kappa shape index (κ3) is 1.91. The Hall–Kier alpha value is -1.18. The monoisotopic (exact) mass is 185 g/mol. The molecule has 0 N–H and O–H groups in total. The van der Waals surface area contributed by atoms with Crippen LogP contribution in [0.5, 0.6) is 0 Å². The summed E-state index contributed by atoms with van der Waals surface area (Å²) in [7, 11) is 0. The first-order chi connectivity index (χ1) is 5.77. The highest BCUT2D eigenvalue weighted by Crippen LogP contribution is 2.25. The summed E-state index contributed by atoms with van der Waals surface area (Å²) in [5.74, 6) is 0. The molecule has 0 spiro atoms. The Kier molecular flexibility index (Phi) is 2.97. The molecule has 0 amide bonds. The van der Waals surface area contributed by atoms with Gasteiger partial charge in [-0.1, -0.05) is 17.7 Å². The van der Waals surface area contributed by atoms with Gasteiger partial charge in [-0.3, -0.25) is 0 Å². The summed E-state index contributed by atoms with van der Waals surface area (Å²) in [6, 6.07) is 4.42. The number of hydrogen-bond acceptors (Lipinski definition) is 2. The fourth-order valence-corrected chi connectivity index (χ4v) is 1.02. The Bertz CT molecular complexity index is 334. The number of hydrogen-bond donors (Lipinski definition) is 0. The summed E-state index contributed by atoms with van der Waals surface area (Å²) < 4.78 is 12.1. The van der Waals surface area contributed by atoms with Crippen LogP contribution in [-0.2, 0) is 11.5 Å². The molecule has 1 aromatic rings. The molecule has 2 nitrogen and oxygen atoms in total. The van der Waals surface area contributed by atoms with Crippen LogP contribution in [0.25, 0.3) is 0 Å². The zero-order chi connectivity index (χ0) is 8.97. The standard InChI is InChI=1S/C8H5ClFNO/c9-7-3-6(4-10)1-2-8(7)11-5-12/h1-3H,4H2. The fourth-order valence-electron chi connectivity index (χ4n) is 0.773. The maximum Gasteiger partial charge on any atom is 0.240 e. The number of isocyanates is 1. The molecular formula is C8H5ClFNO. The number of carbonyl (C=O) groups excluding carboxylic acids is 1. The molecule has 0 saturated carbocycles. The Morgan fingerprint density at radius 3 is 2.83 bits per heavy atom. The summed E-state index contributed by atoms with van der Waals surface area (Å²) in [4.78, 5) is 13.2. The van der Waals surface area contributed by atoms with Crippen LogP contribution in [0.1, 0.15) is 5.56 Å². The van der Waals surface area contributed by atoms with Gasteiger partial charge in [0.1, 0.15) is 6.67 Å². The third-order valence-electron chi connectivity index (χ3n) is 1.33. The summed E-state index contributed by atoms with van der Waals surface area (Å²) in [6.45, 7) is -0.579. The van der Waals surface area contributed by atoms with Crippen molar-refractivity contribution in [1.82, 2.24) is 0 Å². The molecule has 0 saturated heterocycles. The molecule has 0 aliphatic heterocycles. The van der Waals surface area contributed by atoms with Gasteiger partial charge < -0.3 is 0 Å². The molecule has 62 valence electrons. The van der Waals surface area contributed by atoms with Crippen LogP contribution in [0.2, 0.25) is 5.02 Å². The van der Waals surface area contributed by atoms with Crippen LogP contribution in [0.15, 0.2) is 23.2 Å². The van der Waals surface area contributed by atoms with E-state index < -0.39 is 6.67 Å². The normalized spacial score (nSPS) is 9.17. The number of nitrogens with zero attached hydrogens (tertiary/aromatic N) is 1. The molecule has 0 atom stereocenters. The van der Waals surface area contributed by atoms with Crippen molar-refractivity contribution in [3.05, 3.63) is 28.8 Å². The molecule has 0 aliphatic carbocycles. The van der Waals surface area contributed by atoms with Gasteiger partial charge in [0.05, 0.1) is 10.7 Å². The second-order valence-corrected chi connectivity index (χ2v) is 2.53. The van der Waals surface area contributed by atoms with E-state index in [0.29, 0.717) is 11.3 Å². The largest absolute Gasteiger partial charge is 0.246 e. The van der Waals surface area contributed by atoms with Gasteiger partial charge in [-0.05, 0) is 17.7 Å². The van der Waals surface area contributed by atoms with E-state index in [1.54, 1.807) is 0 Å². The Morgan fingerprint density at radius 1 is 1.58 bits per heavy atom. The molecular weight excluding hydrogens is 181 g/mol. The first-order valence-electron chi connectivity index (χ1n) is 3.20. The Labute approximate surface area is 73.7 Å². The lowest BCUT2D eigenvalue weighted by molar-refractivity contribution is 0.485. The minimum atomic E-state index is -0.579. The molecule has 0 unspecified atom stereocenters. The van der Waals surface area contributed by atoms with Gasteiger partial charge in [0.25, 0.3) is 0 Å².